The van der Waals surface area contributed by atoms with Crippen LogP contribution in [-0.4, -0.2) is 75.9 Å². The quantitative estimate of drug-likeness (QED) is 0.0802. The molecule has 0 heterocycles. The average Bonchev–Trinajstić information content (AvgIpc) is 3.01. The summed E-state index contributed by atoms with van der Waals surface area (Å²) in [6, 6.07) is 15.2. The lowest BCUT2D eigenvalue weighted by Crippen LogP contribution is -2.48. The number of carbonyl (C=O) groups is 1. The number of aliphatic hydroxyl groups excluding tert-OH is 4. The highest BCUT2D eigenvalue weighted by Gasteiger charge is 2.18. The molecule has 260 valence electrons. The Morgan fingerprint density at radius 3 is 1.46 bits per heavy atom. The van der Waals surface area contributed by atoms with E-state index in [4.69, 9.17) is 0 Å². The lowest BCUT2D eigenvalue weighted by atomic mass is 9.86. The fourth-order valence-corrected chi connectivity index (χ4v) is 4.51. The minimum atomic E-state index is -0.918. The molecule has 0 spiro atoms. The molecular weight excluding hydrogens is 579 g/mol. The summed E-state index contributed by atoms with van der Waals surface area (Å²) in [6.45, 7) is 6.76. The fourth-order valence-electron chi connectivity index (χ4n) is 4.51. The van der Waals surface area contributed by atoms with Crippen LogP contribution in [0.15, 0.2) is 60.7 Å². The van der Waals surface area contributed by atoms with Gasteiger partial charge in [-0.1, -0.05) is 127 Å². The first kappa shape index (κ1) is 45.3. The van der Waals surface area contributed by atoms with Gasteiger partial charge >= 0.3 is 7.05 Å². The molecule has 0 aliphatic heterocycles. The van der Waals surface area contributed by atoms with Crippen molar-refractivity contribution in [2.45, 2.75) is 118 Å². The molecule has 1 amide bonds. The standard InChI is InChI=1S/C18H27NO3.C17H28BNO3.2CH4/c1-3-4-5-6-15-7-9-16(10-8-15)11-12-18(22)17(13-20)19-14(2)21;1-3-4-5-6-14-7-9-15(10-8-14)11-12-17(21)16(13-20)19-18(2)22;;/h7-12,17-18,20,22H,3-6,13H2,1-2H3,(H,19,21);7-12,16-17,19-22H,3-6,13H2,1-2H3;2*1H4/b2*12-11+;;/t17-,18+;16-,17+;;/m11../s1. The Morgan fingerprint density at radius 1 is 0.739 bits per heavy atom. The van der Waals surface area contributed by atoms with E-state index >= 15 is 0 Å². The summed E-state index contributed by atoms with van der Waals surface area (Å²) in [5.74, 6) is -0.275. The van der Waals surface area contributed by atoms with Gasteiger partial charge in [0.2, 0.25) is 5.91 Å². The summed E-state index contributed by atoms with van der Waals surface area (Å²) in [5, 5.41) is 52.8. The number of hydrogen-bond donors (Lipinski definition) is 7. The molecule has 46 heavy (non-hydrogen) atoms. The summed E-state index contributed by atoms with van der Waals surface area (Å²) in [6.07, 6.45) is 14.6. The van der Waals surface area contributed by atoms with E-state index in [1.165, 1.54) is 56.6 Å². The predicted octanol–water partition coefficient (Wildman–Crippen LogP) is 5.42. The fraction of sp³-hybridized carbons (Fsp3) is 0.541. The van der Waals surface area contributed by atoms with Crippen LogP contribution < -0.4 is 10.5 Å². The molecule has 0 aliphatic carbocycles. The van der Waals surface area contributed by atoms with Gasteiger partial charge in [-0.3, -0.25) is 4.79 Å². The molecule has 2 rings (SSSR count). The molecule has 0 aliphatic rings. The van der Waals surface area contributed by atoms with Gasteiger partial charge in [0.1, 0.15) is 0 Å². The van der Waals surface area contributed by atoms with Crippen molar-refractivity contribution in [2.24, 2.45) is 0 Å². The molecule has 0 saturated heterocycles. The number of carbonyl (C=O) groups excluding carboxylic acids is 1. The second kappa shape index (κ2) is 27.3. The molecule has 0 saturated carbocycles. The van der Waals surface area contributed by atoms with Crippen LogP contribution in [0.5, 0.6) is 0 Å². The van der Waals surface area contributed by atoms with Gasteiger partial charge in [0.25, 0.3) is 0 Å². The first-order valence-corrected chi connectivity index (χ1v) is 16.0. The van der Waals surface area contributed by atoms with Crippen LogP contribution >= 0.6 is 0 Å². The third-order valence-corrected chi connectivity index (χ3v) is 7.13. The van der Waals surface area contributed by atoms with E-state index < -0.39 is 31.3 Å². The lowest BCUT2D eigenvalue weighted by Gasteiger charge is -2.20. The van der Waals surface area contributed by atoms with Gasteiger partial charge in [0.15, 0.2) is 0 Å². The Hall–Kier alpha value is -2.79. The first-order chi connectivity index (χ1) is 21.1. The van der Waals surface area contributed by atoms with E-state index in [-0.39, 0.29) is 34.0 Å². The molecule has 0 fully saturated rings. The monoisotopic (exact) mass is 642 g/mol. The highest BCUT2D eigenvalue weighted by Crippen LogP contribution is 2.12. The van der Waals surface area contributed by atoms with Gasteiger partial charge in [-0.2, -0.15) is 0 Å². The van der Waals surface area contributed by atoms with Gasteiger partial charge in [0, 0.05) is 6.92 Å². The molecule has 0 bridgehead atoms. The van der Waals surface area contributed by atoms with Crippen LogP contribution in [0.2, 0.25) is 6.82 Å². The minimum absolute atomic E-state index is 0. The lowest BCUT2D eigenvalue weighted by molar-refractivity contribution is -0.120. The number of hydrogen-bond acceptors (Lipinski definition) is 7. The van der Waals surface area contributed by atoms with Crippen molar-refractivity contribution in [3.63, 3.8) is 0 Å². The number of aryl methyl sites for hydroxylation is 2. The summed E-state index contributed by atoms with van der Waals surface area (Å²) >= 11 is 0. The van der Waals surface area contributed by atoms with Crippen LogP contribution in [-0.2, 0) is 17.6 Å². The zero-order valence-electron chi connectivity index (χ0n) is 27.0. The molecule has 0 radical (unpaired) electrons. The maximum atomic E-state index is 11.0. The van der Waals surface area contributed by atoms with Crippen molar-refractivity contribution < 1.29 is 30.2 Å². The zero-order chi connectivity index (χ0) is 32.7. The Morgan fingerprint density at radius 2 is 1.13 bits per heavy atom. The maximum absolute atomic E-state index is 11.0. The second-order valence-electron chi connectivity index (χ2n) is 11.2. The number of rotatable bonds is 19. The van der Waals surface area contributed by atoms with Gasteiger partial charge in [-0.15, -0.1) is 0 Å². The summed E-state index contributed by atoms with van der Waals surface area (Å²) in [5.41, 5.74) is 4.64. The van der Waals surface area contributed by atoms with E-state index in [2.05, 4.69) is 48.7 Å². The Labute approximate surface area is 279 Å². The second-order valence-corrected chi connectivity index (χ2v) is 11.2. The Kier molecular flexibility index (Phi) is 26.9. The van der Waals surface area contributed by atoms with Gasteiger partial charge in [0.05, 0.1) is 37.5 Å². The number of nitrogens with one attached hydrogen (secondary N) is 2. The van der Waals surface area contributed by atoms with Crippen molar-refractivity contribution in [1.82, 2.24) is 10.5 Å². The zero-order valence-corrected chi connectivity index (χ0v) is 27.0. The Balaban J connectivity index is 0. The van der Waals surface area contributed by atoms with Crippen LogP contribution in [0, 0.1) is 0 Å². The van der Waals surface area contributed by atoms with Crippen LogP contribution in [0.3, 0.4) is 0 Å². The molecule has 9 heteroatoms. The van der Waals surface area contributed by atoms with Crippen molar-refractivity contribution in [1.29, 1.82) is 0 Å². The van der Waals surface area contributed by atoms with E-state index in [1.807, 2.05) is 30.3 Å². The number of amides is 1. The third-order valence-electron chi connectivity index (χ3n) is 7.13. The molecule has 0 aromatic heterocycles. The van der Waals surface area contributed by atoms with Crippen molar-refractivity contribution in [2.75, 3.05) is 13.2 Å². The van der Waals surface area contributed by atoms with E-state index in [9.17, 15) is 30.2 Å². The topological polar surface area (TPSA) is 142 Å². The van der Waals surface area contributed by atoms with Crippen molar-refractivity contribution >= 4 is 25.1 Å². The first-order valence-electron chi connectivity index (χ1n) is 16.0. The van der Waals surface area contributed by atoms with Crippen LogP contribution in [0.1, 0.15) is 96.4 Å². The van der Waals surface area contributed by atoms with E-state index in [0.29, 0.717) is 0 Å². The smallest absolute Gasteiger partial charge is 0.374 e. The number of benzene rings is 2. The van der Waals surface area contributed by atoms with Crippen LogP contribution in [0.4, 0.5) is 0 Å². The van der Waals surface area contributed by atoms with E-state index in [0.717, 1.165) is 24.0 Å². The molecule has 7 N–H and O–H groups in total. The SMILES string of the molecule is C.C.CCCCCc1ccc(/C=C/[C@H](O)[C@@H](CO)NB(C)O)cc1.CCCCCc1ccc(/C=C/[C@H](O)[C@@H](CO)NC(C)=O)cc1. The minimum Gasteiger partial charge on any atom is -0.437 e. The normalized spacial score (nSPS) is 13.5. The van der Waals surface area contributed by atoms with Crippen LogP contribution in [0.25, 0.3) is 12.2 Å². The average molecular weight is 643 g/mol. The molecule has 2 aromatic carbocycles. The maximum Gasteiger partial charge on any atom is 0.374 e. The summed E-state index contributed by atoms with van der Waals surface area (Å²) in [4.78, 5) is 11.0. The third kappa shape index (κ3) is 20.4. The summed E-state index contributed by atoms with van der Waals surface area (Å²) < 4.78 is 0. The van der Waals surface area contributed by atoms with Crippen molar-refractivity contribution in [3.05, 3.63) is 82.9 Å². The molecule has 4 atom stereocenters. The highest BCUT2D eigenvalue weighted by molar-refractivity contribution is 6.45. The largest absolute Gasteiger partial charge is 0.437 e. The van der Waals surface area contributed by atoms with E-state index in [1.54, 1.807) is 25.1 Å². The summed E-state index contributed by atoms with van der Waals surface area (Å²) in [7, 11) is -0.775. The molecule has 2 aromatic rings. The van der Waals surface area contributed by atoms with Crippen molar-refractivity contribution in [3.8, 4) is 0 Å². The number of unbranched alkanes of at least 4 members (excludes halogenated alkanes) is 4. The molecular formula is C37H63BN2O6. The predicted molar refractivity (Wildman–Crippen MR) is 195 cm³/mol. The molecule has 0 unspecified atom stereocenters. The molecule has 8 nitrogen and oxygen atoms in total. The highest BCUT2D eigenvalue weighted by atomic mass is 16.3. The Bertz CT molecular complexity index is 1080. The van der Waals surface area contributed by atoms with Gasteiger partial charge in [-0.25, -0.2) is 0 Å². The number of aliphatic hydroxyl groups is 4. The van der Waals surface area contributed by atoms with Gasteiger partial charge < -0.3 is 36.0 Å². The van der Waals surface area contributed by atoms with Gasteiger partial charge in [-0.05, 0) is 54.8 Å².